The van der Waals surface area contributed by atoms with Crippen molar-refractivity contribution in [2.75, 3.05) is 0 Å². The van der Waals surface area contributed by atoms with E-state index in [0.717, 1.165) is 22.9 Å². The monoisotopic (exact) mass is 354 g/mol. The van der Waals surface area contributed by atoms with Crippen molar-refractivity contribution in [3.05, 3.63) is 71.3 Å². The first kappa shape index (κ1) is 17.2. The van der Waals surface area contributed by atoms with Crippen LogP contribution in [0.4, 0.5) is 4.79 Å². The number of rotatable bonds is 5. The smallest absolute Gasteiger partial charge is 0.286 e. The molecule has 2 N–H and O–H groups in total. The number of carbonyl (C=O) groups excluding carboxylic acids is 3. The highest BCUT2D eigenvalue weighted by atomic mass is 32.2. The maximum atomic E-state index is 12.4. The van der Waals surface area contributed by atoms with Gasteiger partial charge in [-0.1, -0.05) is 54.2 Å². The Morgan fingerprint density at radius 1 is 1.12 bits per heavy atom. The van der Waals surface area contributed by atoms with Crippen LogP contribution in [0.2, 0.25) is 0 Å². The highest BCUT2D eigenvalue weighted by Gasteiger charge is 2.31. The first-order valence-electron chi connectivity index (χ1n) is 7.99. The molecular formula is C19H18N2O3S. The van der Waals surface area contributed by atoms with Crippen LogP contribution in [0, 0.1) is 0 Å². The predicted octanol–water partition coefficient (Wildman–Crippen LogP) is 3.07. The Bertz CT molecular complexity index is 790. The molecule has 1 unspecified atom stereocenters. The fourth-order valence-electron chi connectivity index (χ4n) is 2.64. The molecular weight excluding hydrogens is 336 g/mol. The van der Waals surface area contributed by atoms with E-state index in [1.807, 2.05) is 49.4 Å². The largest absolute Gasteiger partial charge is 0.346 e. The van der Waals surface area contributed by atoms with Gasteiger partial charge in [-0.3, -0.25) is 19.7 Å². The van der Waals surface area contributed by atoms with Crippen LogP contribution in [0.5, 0.6) is 0 Å². The summed E-state index contributed by atoms with van der Waals surface area (Å²) in [6.45, 7) is 1.94. The first-order chi connectivity index (χ1) is 12.0. The number of nitrogens with one attached hydrogen (secondary N) is 2. The molecule has 3 rings (SSSR count). The fraction of sp³-hybridized carbons (Fsp3) is 0.211. The molecule has 3 amide bonds. The summed E-state index contributed by atoms with van der Waals surface area (Å²) in [4.78, 5) is 35.2. The van der Waals surface area contributed by atoms with Crippen LogP contribution in [0.1, 0.15) is 34.5 Å². The van der Waals surface area contributed by atoms with E-state index >= 15 is 0 Å². The third-order valence-corrected chi connectivity index (χ3v) is 5.03. The molecule has 0 aliphatic carbocycles. The summed E-state index contributed by atoms with van der Waals surface area (Å²) in [6, 6.07) is 16.8. The zero-order valence-corrected chi connectivity index (χ0v) is 14.5. The quantitative estimate of drug-likeness (QED) is 0.865. The van der Waals surface area contributed by atoms with E-state index in [0.29, 0.717) is 12.0 Å². The molecule has 1 heterocycles. The Balaban J connectivity index is 1.61. The van der Waals surface area contributed by atoms with Gasteiger partial charge in [-0.05, 0) is 36.6 Å². The van der Waals surface area contributed by atoms with Crippen molar-refractivity contribution in [1.29, 1.82) is 0 Å². The molecule has 2 aromatic rings. The van der Waals surface area contributed by atoms with Crippen molar-refractivity contribution in [3.63, 3.8) is 0 Å². The lowest BCUT2D eigenvalue weighted by atomic mass is 10.1. The summed E-state index contributed by atoms with van der Waals surface area (Å²) >= 11 is 1.01. The second-order valence-electron chi connectivity index (χ2n) is 5.89. The molecule has 0 radical (unpaired) electrons. The molecule has 5 nitrogen and oxygen atoms in total. The molecule has 2 atom stereocenters. The Labute approximate surface area is 150 Å². The summed E-state index contributed by atoms with van der Waals surface area (Å²) in [7, 11) is 0. The molecule has 0 aromatic heterocycles. The molecule has 0 bridgehead atoms. The standard InChI is InChI=1S/C19H18N2O3S/c1-12(14-5-3-2-4-6-14)20-17(22)15-9-7-13(8-10-15)11-16-18(23)21-19(24)25-16/h2-10,12,16H,11H2,1H3,(H,20,22)(H,21,23,24)/t12-,16?/m0/s1. The van der Waals surface area contributed by atoms with E-state index < -0.39 is 5.25 Å². The number of imide groups is 1. The molecule has 1 aliphatic rings. The van der Waals surface area contributed by atoms with E-state index in [2.05, 4.69) is 10.6 Å². The second-order valence-corrected chi connectivity index (χ2v) is 7.07. The molecule has 0 saturated carbocycles. The van der Waals surface area contributed by atoms with Crippen molar-refractivity contribution in [2.45, 2.75) is 24.6 Å². The lowest BCUT2D eigenvalue weighted by molar-refractivity contribution is -0.118. The average molecular weight is 354 g/mol. The van der Waals surface area contributed by atoms with Crippen molar-refractivity contribution >= 4 is 28.8 Å². The predicted molar refractivity (Wildman–Crippen MR) is 97.4 cm³/mol. The minimum atomic E-state index is -0.398. The number of carbonyl (C=O) groups is 3. The van der Waals surface area contributed by atoms with Crippen LogP contribution < -0.4 is 10.6 Å². The minimum absolute atomic E-state index is 0.0852. The second kappa shape index (κ2) is 7.53. The van der Waals surface area contributed by atoms with Gasteiger partial charge in [0.1, 0.15) is 0 Å². The van der Waals surface area contributed by atoms with Gasteiger partial charge in [0, 0.05) is 5.56 Å². The molecule has 1 fully saturated rings. The van der Waals surface area contributed by atoms with Gasteiger partial charge in [-0.15, -0.1) is 0 Å². The number of amides is 3. The molecule has 1 saturated heterocycles. The average Bonchev–Trinajstić information content (AvgIpc) is 2.93. The van der Waals surface area contributed by atoms with E-state index in [-0.39, 0.29) is 23.1 Å². The normalized spacial score (nSPS) is 17.9. The lowest BCUT2D eigenvalue weighted by Crippen LogP contribution is -2.27. The van der Waals surface area contributed by atoms with Gasteiger partial charge in [0.2, 0.25) is 5.91 Å². The van der Waals surface area contributed by atoms with Gasteiger partial charge in [0.05, 0.1) is 11.3 Å². The van der Waals surface area contributed by atoms with Crippen LogP contribution in [0.3, 0.4) is 0 Å². The Morgan fingerprint density at radius 2 is 1.80 bits per heavy atom. The summed E-state index contributed by atoms with van der Waals surface area (Å²) in [5, 5.41) is 4.54. The summed E-state index contributed by atoms with van der Waals surface area (Å²) < 4.78 is 0. The van der Waals surface area contributed by atoms with Crippen molar-refractivity contribution < 1.29 is 14.4 Å². The third kappa shape index (κ3) is 4.28. The number of benzene rings is 2. The Kier molecular flexibility index (Phi) is 5.19. The van der Waals surface area contributed by atoms with Crippen molar-refractivity contribution in [1.82, 2.24) is 10.6 Å². The van der Waals surface area contributed by atoms with Gasteiger partial charge in [-0.25, -0.2) is 0 Å². The van der Waals surface area contributed by atoms with Crippen LogP contribution in [0.15, 0.2) is 54.6 Å². The zero-order chi connectivity index (χ0) is 17.8. The van der Waals surface area contributed by atoms with Crippen molar-refractivity contribution in [3.8, 4) is 0 Å². The van der Waals surface area contributed by atoms with Gasteiger partial charge in [0.25, 0.3) is 11.1 Å². The van der Waals surface area contributed by atoms with Gasteiger partial charge >= 0.3 is 0 Å². The van der Waals surface area contributed by atoms with Crippen LogP contribution >= 0.6 is 11.8 Å². The first-order valence-corrected chi connectivity index (χ1v) is 8.87. The highest BCUT2D eigenvalue weighted by molar-refractivity contribution is 8.15. The zero-order valence-electron chi connectivity index (χ0n) is 13.7. The Morgan fingerprint density at radius 3 is 2.40 bits per heavy atom. The molecule has 2 aromatic carbocycles. The van der Waals surface area contributed by atoms with Crippen LogP contribution in [-0.2, 0) is 11.2 Å². The fourth-order valence-corrected chi connectivity index (χ4v) is 3.50. The number of thioether (sulfide) groups is 1. The van der Waals surface area contributed by atoms with Gasteiger partial charge < -0.3 is 5.32 Å². The van der Waals surface area contributed by atoms with Crippen LogP contribution in [-0.4, -0.2) is 22.3 Å². The number of hydrogen-bond donors (Lipinski definition) is 2. The molecule has 0 spiro atoms. The maximum Gasteiger partial charge on any atom is 0.286 e. The molecule has 1 aliphatic heterocycles. The maximum absolute atomic E-state index is 12.4. The van der Waals surface area contributed by atoms with Crippen LogP contribution in [0.25, 0.3) is 0 Å². The van der Waals surface area contributed by atoms with E-state index in [1.165, 1.54) is 0 Å². The summed E-state index contributed by atoms with van der Waals surface area (Å²) in [5.41, 5.74) is 2.52. The highest BCUT2D eigenvalue weighted by Crippen LogP contribution is 2.23. The van der Waals surface area contributed by atoms with Gasteiger partial charge in [0.15, 0.2) is 0 Å². The van der Waals surface area contributed by atoms with E-state index in [4.69, 9.17) is 0 Å². The van der Waals surface area contributed by atoms with Crippen molar-refractivity contribution in [2.24, 2.45) is 0 Å². The summed E-state index contributed by atoms with van der Waals surface area (Å²) in [6.07, 6.45) is 0.463. The topological polar surface area (TPSA) is 75.3 Å². The Hall–Kier alpha value is -2.60. The van der Waals surface area contributed by atoms with E-state index in [1.54, 1.807) is 12.1 Å². The van der Waals surface area contributed by atoms with Gasteiger partial charge in [-0.2, -0.15) is 0 Å². The molecule has 6 heteroatoms. The SMILES string of the molecule is C[C@H](NC(=O)c1ccc(CC2SC(=O)NC2=O)cc1)c1ccccc1. The third-order valence-electron chi connectivity index (χ3n) is 4.05. The number of hydrogen-bond acceptors (Lipinski definition) is 4. The van der Waals surface area contributed by atoms with E-state index in [9.17, 15) is 14.4 Å². The summed E-state index contributed by atoms with van der Waals surface area (Å²) in [5.74, 6) is -0.403. The molecule has 25 heavy (non-hydrogen) atoms. The minimum Gasteiger partial charge on any atom is -0.346 e. The molecule has 128 valence electrons. The lowest BCUT2D eigenvalue weighted by Gasteiger charge is -2.14.